The van der Waals surface area contributed by atoms with Gasteiger partial charge in [0.15, 0.2) is 17.5 Å². The summed E-state index contributed by atoms with van der Waals surface area (Å²) >= 11 is 0. The van der Waals surface area contributed by atoms with E-state index in [1.807, 2.05) is 48.5 Å². The van der Waals surface area contributed by atoms with Crippen LogP contribution in [0.25, 0.3) is 156 Å². The van der Waals surface area contributed by atoms with Crippen molar-refractivity contribution >= 4 is 43.6 Å². The molecule has 0 aliphatic heterocycles. The first-order valence-electron chi connectivity index (χ1n) is 31.3. The second kappa shape index (κ2) is 22.8. The van der Waals surface area contributed by atoms with Crippen molar-refractivity contribution in [3.63, 3.8) is 0 Å². The summed E-state index contributed by atoms with van der Waals surface area (Å²) in [5.41, 5.74) is 27.7. The summed E-state index contributed by atoms with van der Waals surface area (Å²) in [6.07, 6.45) is 0. The Labute approximate surface area is 535 Å². The number of benzene rings is 13. The molecule has 0 atom stereocenters. The van der Waals surface area contributed by atoms with Crippen LogP contribution in [-0.2, 0) is 0 Å². The van der Waals surface area contributed by atoms with Gasteiger partial charge in [-0.3, -0.25) is 0 Å². The Hall–Kier alpha value is -12.0. The molecular weight excluding hydrogens is 1120 g/mol. The number of hydrogen-bond acceptors (Lipinski definition) is 4. The van der Waals surface area contributed by atoms with E-state index in [9.17, 15) is 5.26 Å². The minimum Gasteiger partial charge on any atom is -0.309 e. The fourth-order valence-corrected chi connectivity index (χ4v) is 13.7. The number of nitriles is 1. The van der Waals surface area contributed by atoms with Crippen LogP contribution in [0.2, 0.25) is 0 Å². The minimum absolute atomic E-state index is 0.549. The summed E-state index contributed by atoms with van der Waals surface area (Å²) in [6.45, 7) is 8.77. The van der Waals surface area contributed by atoms with Gasteiger partial charge < -0.3 is 9.13 Å². The lowest BCUT2D eigenvalue weighted by molar-refractivity contribution is 1.07. The van der Waals surface area contributed by atoms with Crippen molar-refractivity contribution < 1.29 is 0 Å². The highest BCUT2D eigenvalue weighted by atomic mass is 15.0. The topological polar surface area (TPSA) is 72.3 Å². The van der Waals surface area contributed by atoms with Gasteiger partial charge in [-0.25, -0.2) is 15.0 Å². The standard InChI is InChI=1S/C86H60N6/c1-54-19-11-15-27-68(54)63-36-42-79-73(48-63)74-49-64(69-28-16-12-20-55(69)2)37-43-80(74)91(79)78-41-35-62(59-33-31-58(53-87)32-34-59)47-72(78)77-52-67(86-89-84(60-23-7-5-8-24-60)88-85(90-86)61-25-9-6-10-26-61)40-46-83(77)92-81-44-38-65(70-29-17-13-21-56(70)3)50-75(81)76-51-66(39-45-82(76)92)71-30-18-14-22-57(71)4/h5-52H,1-4H3. The van der Waals surface area contributed by atoms with Crippen molar-refractivity contribution in [2.24, 2.45) is 0 Å². The van der Waals surface area contributed by atoms with Gasteiger partial charge in [0.1, 0.15) is 0 Å². The summed E-state index contributed by atoms with van der Waals surface area (Å²) in [7, 11) is 0. The van der Waals surface area contributed by atoms with Gasteiger partial charge in [0, 0.05) is 49.4 Å². The summed E-state index contributed by atoms with van der Waals surface area (Å²) in [5, 5.41) is 14.6. The van der Waals surface area contributed by atoms with E-state index in [4.69, 9.17) is 15.0 Å². The summed E-state index contributed by atoms with van der Waals surface area (Å²) < 4.78 is 4.94. The van der Waals surface area contributed by atoms with Crippen LogP contribution in [-0.4, -0.2) is 24.1 Å². The average molecular weight is 1180 g/mol. The lowest BCUT2D eigenvalue weighted by atomic mass is 9.94. The minimum atomic E-state index is 0.549. The highest BCUT2D eigenvalue weighted by molar-refractivity contribution is 6.14. The number of hydrogen-bond donors (Lipinski definition) is 0. The van der Waals surface area contributed by atoms with Crippen molar-refractivity contribution in [1.82, 2.24) is 24.1 Å². The van der Waals surface area contributed by atoms with Crippen LogP contribution < -0.4 is 0 Å². The zero-order valence-corrected chi connectivity index (χ0v) is 51.4. The van der Waals surface area contributed by atoms with Crippen molar-refractivity contribution in [2.75, 3.05) is 0 Å². The third kappa shape index (κ3) is 9.72. The maximum atomic E-state index is 10.1. The molecule has 0 fully saturated rings. The highest BCUT2D eigenvalue weighted by Gasteiger charge is 2.25. The molecule has 0 bridgehead atoms. The molecule has 0 aliphatic carbocycles. The second-order valence-corrected chi connectivity index (χ2v) is 24.0. The zero-order chi connectivity index (χ0) is 62.0. The Morgan fingerprint density at radius 3 is 0.891 bits per heavy atom. The van der Waals surface area contributed by atoms with Crippen LogP contribution in [0.3, 0.4) is 0 Å². The van der Waals surface area contributed by atoms with Crippen molar-refractivity contribution in [2.45, 2.75) is 27.7 Å². The summed E-state index contributed by atoms with van der Waals surface area (Å²) in [4.78, 5) is 15.9. The van der Waals surface area contributed by atoms with E-state index in [1.165, 1.54) is 44.5 Å². The molecule has 0 N–H and O–H groups in total. The largest absolute Gasteiger partial charge is 0.309 e. The smallest absolute Gasteiger partial charge is 0.164 e. The Balaban J connectivity index is 1.03. The molecule has 0 amide bonds. The number of nitrogens with zero attached hydrogens (tertiary/aromatic N) is 6. The third-order valence-corrected chi connectivity index (χ3v) is 18.4. The van der Waals surface area contributed by atoms with Crippen LogP contribution in [0.15, 0.2) is 291 Å². The predicted octanol–water partition coefficient (Wildman–Crippen LogP) is 22.2. The Morgan fingerprint density at radius 2 is 0.543 bits per heavy atom. The lowest BCUT2D eigenvalue weighted by Crippen LogP contribution is -2.04. The van der Waals surface area contributed by atoms with Crippen LogP contribution >= 0.6 is 0 Å². The van der Waals surface area contributed by atoms with Crippen molar-refractivity contribution in [3.8, 4) is 118 Å². The molecule has 434 valence electrons. The molecule has 0 radical (unpaired) electrons. The molecular formula is C86H60N6. The second-order valence-electron chi connectivity index (χ2n) is 24.0. The highest BCUT2D eigenvalue weighted by Crippen LogP contribution is 2.46. The molecule has 6 heteroatoms. The maximum absolute atomic E-state index is 10.1. The molecule has 0 saturated carbocycles. The van der Waals surface area contributed by atoms with Crippen LogP contribution in [0, 0.1) is 39.0 Å². The molecule has 92 heavy (non-hydrogen) atoms. The third-order valence-electron chi connectivity index (χ3n) is 18.4. The molecule has 0 saturated heterocycles. The normalized spacial score (nSPS) is 11.5. The fraction of sp³-hybridized carbons (Fsp3) is 0.0465. The van der Waals surface area contributed by atoms with E-state index < -0.39 is 0 Å². The molecule has 3 aromatic heterocycles. The van der Waals surface area contributed by atoms with Crippen LogP contribution in [0.5, 0.6) is 0 Å². The molecule has 0 spiro atoms. The molecule has 3 heterocycles. The average Bonchev–Trinajstić information content (AvgIpc) is 1.54. The van der Waals surface area contributed by atoms with Gasteiger partial charge in [-0.2, -0.15) is 5.26 Å². The van der Waals surface area contributed by atoms with Crippen molar-refractivity contribution in [1.29, 1.82) is 5.26 Å². The summed E-state index contributed by atoms with van der Waals surface area (Å²) in [5.74, 6) is 1.72. The predicted molar refractivity (Wildman–Crippen MR) is 381 cm³/mol. The van der Waals surface area contributed by atoms with E-state index in [-0.39, 0.29) is 0 Å². The Kier molecular flexibility index (Phi) is 13.7. The first-order valence-corrected chi connectivity index (χ1v) is 31.3. The van der Waals surface area contributed by atoms with Gasteiger partial charge in [-0.05, 0) is 197 Å². The molecule has 13 aromatic carbocycles. The van der Waals surface area contributed by atoms with Gasteiger partial charge in [0.25, 0.3) is 0 Å². The van der Waals surface area contributed by atoms with Gasteiger partial charge in [0.05, 0.1) is 45.1 Å². The van der Waals surface area contributed by atoms with Gasteiger partial charge >= 0.3 is 0 Å². The quantitative estimate of drug-likeness (QED) is 0.129. The number of fused-ring (bicyclic) bond motifs is 6. The molecule has 0 aliphatic rings. The monoisotopic (exact) mass is 1180 g/mol. The van der Waals surface area contributed by atoms with E-state index in [0.717, 1.165) is 116 Å². The molecule has 16 aromatic rings. The first kappa shape index (κ1) is 55.3. The Morgan fingerprint density at radius 1 is 0.250 bits per heavy atom. The lowest BCUT2D eigenvalue weighted by Gasteiger charge is -2.21. The molecule has 6 nitrogen and oxygen atoms in total. The maximum Gasteiger partial charge on any atom is 0.164 e. The molecule has 0 unspecified atom stereocenters. The van der Waals surface area contributed by atoms with Crippen LogP contribution in [0.1, 0.15) is 27.8 Å². The SMILES string of the molecule is Cc1ccccc1-c1ccc2c(c1)c1cc(-c3ccccc3C)ccc1n2-c1ccc(-c2ccc(C#N)cc2)cc1-c1cc(-c2nc(-c3ccccc3)nc(-c3ccccc3)n2)ccc1-n1c2ccc(-c3ccccc3C)cc2c2cc(-c3ccccc3C)ccc21. The van der Waals surface area contributed by atoms with Crippen molar-refractivity contribution in [3.05, 3.63) is 319 Å². The molecule has 16 rings (SSSR count). The van der Waals surface area contributed by atoms with Gasteiger partial charge in [-0.15, -0.1) is 0 Å². The first-order chi connectivity index (χ1) is 45.2. The van der Waals surface area contributed by atoms with E-state index >= 15 is 0 Å². The number of rotatable bonds is 11. The van der Waals surface area contributed by atoms with E-state index in [2.05, 4.69) is 286 Å². The summed E-state index contributed by atoms with van der Waals surface area (Å²) in [6, 6.07) is 107. The number of aryl methyl sites for hydroxylation is 4. The van der Waals surface area contributed by atoms with Gasteiger partial charge in [-0.1, -0.05) is 200 Å². The zero-order valence-electron chi connectivity index (χ0n) is 51.4. The van der Waals surface area contributed by atoms with E-state index in [0.29, 0.717) is 23.0 Å². The van der Waals surface area contributed by atoms with Crippen LogP contribution in [0.4, 0.5) is 0 Å². The Bertz CT molecular complexity index is 5370. The fourth-order valence-electron chi connectivity index (χ4n) is 13.7. The van der Waals surface area contributed by atoms with E-state index in [1.54, 1.807) is 0 Å². The van der Waals surface area contributed by atoms with Gasteiger partial charge in [0.2, 0.25) is 0 Å². The number of aromatic nitrogens is 5.